The lowest BCUT2D eigenvalue weighted by Gasteiger charge is -2.14. The van der Waals surface area contributed by atoms with E-state index in [4.69, 9.17) is 10.8 Å². The summed E-state index contributed by atoms with van der Waals surface area (Å²) in [5.74, 6) is -0.504. The Morgan fingerprint density at radius 2 is 1.76 bits per heavy atom. The Balaban J connectivity index is 1.98. The van der Waals surface area contributed by atoms with E-state index < -0.39 is 28.6 Å². The topological polar surface area (TPSA) is 138 Å². The van der Waals surface area contributed by atoms with Crippen molar-refractivity contribution in [3.8, 4) is 22.3 Å². The minimum absolute atomic E-state index is 0.0729. The number of hydrogen-bond donors (Lipinski definition) is 4. The fourth-order valence-electron chi connectivity index (χ4n) is 2.68. The van der Waals surface area contributed by atoms with E-state index in [0.29, 0.717) is 11.1 Å². The number of anilines is 1. The summed E-state index contributed by atoms with van der Waals surface area (Å²) >= 11 is 0. The molecule has 0 amide bonds. The molecule has 5 N–H and O–H groups in total. The third-order valence-corrected chi connectivity index (χ3v) is 5.64. The fourth-order valence-corrected chi connectivity index (χ4v) is 3.98. The zero-order chi connectivity index (χ0) is 21.0. The molecule has 3 rings (SSSR count). The highest BCUT2D eigenvalue weighted by Crippen LogP contribution is 2.31. The highest BCUT2D eigenvalue weighted by Gasteiger charge is 2.20. The first-order valence-electron chi connectivity index (χ1n) is 8.57. The Labute approximate surface area is 166 Å². The Bertz CT molecular complexity index is 1110. The maximum atomic E-state index is 14.7. The number of aliphatic hydroxyl groups excluding tert-OH is 2. The van der Waals surface area contributed by atoms with E-state index in [0.717, 1.165) is 0 Å². The van der Waals surface area contributed by atoms with Crippen molar-refractivity contribution in [3.63, 3.8) is 0 Å². The Morgan fingerprint density at radius 1 is 1.07 bits per heavy atom. The van der Waals surface area contributed by atoms with Crippen molar-refractivity contribution in [1.29, 1.82) is 0 Å². The lowest BCUT2D eigenvalue weighted by molar-refractivity contribution is 0.0988. The van der Waals surface area contributed by atoms with Gasteiger partial charge in [0.05, 0.1) is 17.6 Å². The lowest BCUT2D eigenvalue weighted by Crippen LogP contribution is -2.34. The normalized spacial score (nSPS) is 12.7. The quantitative estimate of drug-likeness (QED) is 0.452. The average molecular weight is 418 g/mol. The summed E-state index contributed by atoms with van der Waals surface area (Å²) in [6.45, 7) is -0.927. The van der Waals surface area contributed by atoms with E-state index in [2.05, 4.69) is 14.7 Å². The predicted molar refractivity (Wildman–Crippen MR) is 106 cm³/mol. The molecule has 152 valence electrons. The van der Waals surface area contributed by atoms with Gasteiger partial charge in [-0.3, -0.25) is 0 Å². The zero-order valence-electron chi connectivity index (χ0n) is 15.2. The van der Waals surface area contributed by atoms with Crippen molar-refractivity contribution in [3.05, 3.63) is 60.7 Å². The monoisotopic (exact) mass is 418 g/mol. The van der Waals surface area contributed by atoms with Crippen molar-refractivity contribution < 1.29 is 23.0 Å². The van der Waals surface area contributed by atoms with Crippen LogP contribution in [0, 0.1) is 5.82 Å². The molecule has 1 aromatic heterocycles. The first-order chi connectivity index (χ1) is 13.8. The van der Waals surface area contributed by atoms with E-state index in [1.54, 1.807) is 18.2 Å². The maximum absolute atomic E-state index is 14.7. The van der Waals surface area contributed by atoms with Crippen LogP contribution in [0.2, 0.25) is 0 Å². The highest BCUT2D eigenvalue weighted by atomic mass is 32.2. The number of hydrogen-bond acceptors (Lipinski definition) is 7. The summed E-state index contributed by atoms with van der Waals surface area (Å²) in [5, 5.41) is 18.3. The van der Waals surface area contributed by atoms with Gasteiger partial charge in [0.25, 0.3) is 0 Å². The van der Waals surface area contributed by atoms with Gasteiger partial charge in [-0.15, -0.1) is 0 Å². The Morgan fingerprint density at radius 3 is 2.41 bits per heavy atom. The van der Waals surface area contributed by atoms with Gasteiger partial charge in [-0.2, -0.15) is 0 Å². The van der Waals surface area contributed by atoms with Crippen LogP contribution in [0.25, 0.3) is 22.3 Å². The predicted octanol–water partition coefficient (Wildman–Crippen LogP) is 1.16. The molecular formula is C19H19FN4O4S. The number of rotatable bonds is 7. The SMILES string of the molecule is Nc1ncc(-c2ccc(-c3ccccc3S(=O)(=O)NC[C@H](O)CO)cc2F)cn1. The number of nitrogens with one attached hydrogen (secondary N) is 1. The van der Waals surface area contributed by atoms with Crippen LogP contribution in [0.3, 0.4) is 0 Å². The molecule has 8 nitrogen and oxygen atoms in total. The Hall–Kier alpha value is -2.92. The standard InChI is InChI=1S/C19H19FN4O4S/c20-17-7-12(5-6-15(17)13-8-22-19(21)23-9-13)16-3-1-2-4-18(16)29(27,28)24-10-14(26)11-25/h1-9,14,24-26H,10-11H2,(H2,21,22,23)/t14-/m0/s1. The number of nitrogens with two attached hydrogens (primary N) is 1. The third kappa shape index (κ3) is 4.74. The van der Waals surface area contributed by atoms with Gasteiger partial charge in [-0.25, -0.2) is 27.5 Å². The van der Waals surface area contributed by atoms with Crippen LogP contribution >= 0.6 is 0 Å². The van der Waals surface area contributed by atoms with Gasteiger partial charge < -0.3 is 15.9 Å². The summed E-state index contributed by atoms with van der Waals surface area (Å²) in [6.07, 6.45) is 1.57. The molecule has 0 aliphatic carbocycles. The number of aliphatic hydroxyl groups is 2. The fraction of sp³-hybridized carbons (Fsp3) is 0.158. The number of nitrogens with zero attached hydrogens (tertiary/aromatic N) is 2. The first kappa shape index (κ1) is 20.8. The summed E-state index contributed by atoms with van der Waals surface area (Å²) in [5.41, 5.74) is 6.77. The van der Waals surface area contributed by atoms with Gasteiger partial charge in [0.2, 0.25) is 16.0 Å². The van der Waals surface area contributed by atoms with E-state index in [-0.39, 0.29) is 28.5 Å². The van der Waals surface area contributed by atoms with Crippen LogP contribution < -0.4 is 10.5 Å². The molecule has 10 heteroatoms. The molecule has 0 bridgehead atoms. The number of sulfonamides is 1. The van der Waals surface area contributed by atoms with Crippen LogP contribution in [-0.2, 0) is 10.0 Å². The molecule has 0 spiro atoms. The molecule has 0 saturated heterocycles. The molecule has 0 saturated carbocycles. The van der Waals surface area contributed by atoms with Gasteiger partial charge in [0.1, 0.15) is 5.82 Å². The van der Waals surface area contributed by atoms with Crippen molar-refractivity contribution in [2.75, 3.05) is 18.9 Å². The number of nitrogen functional groups attached to an aromatic ring is 1. The molecule has 0 aliphatic heterocycles. The van der Waals surface area contributed by atoms with E-state index in [9.17, 15) is 17.9 Å². The van der Waals surface area contributed by atoms with Crippen LogP contribution in [0.15, 0.2) is 59.8 Å². The molecule has 0 radical (unpaired) electrons. The van der Waals surface area contributed by atoms with Crippen molar-refractivity contribution in [2.45, 2.75) is 11.0 Å². The van der Waals surface area contributed by atoms with Gasteiger partial charge in [-0.1, -0.05) is 30.3 Å². The summed E-state index contributed by atoms with van der Waals surface area (Å²) < 4.78 is 42.2. The van der Waals surface area contributed by atoms with E-state index >= 15 is 0 Å². The van der Waals surface area contributed by atoms with Gasteiger partial charge >= 0.3 is 0 Å². The third-order valence-electron chi connectivity index (χ3n) is 4.16. The van der Waals surface area contributed by atoms with Gasteiger partial charge in [-0.05, 0) is 17.7 Å². The smallest absolute Gasteiger partial charge is 0.241 e. The van der Waals surface area contributed by atoms with Crippen molar-refractivity contribution in [1.82, 2.24) is 14.7 Å². The summed E-state index contributed by atoms with van der Waals surface area (Å²) in [4.78, 5) is 7.60. The molecule has 1 heterocycles. The summed E-state index contributed by atoms with van der Waals surface area (Å²) in [6, 6.07) is 10.4. The van der Waals surface area contributed by atoms with Crippen LogP contribution in [-0.4, -0.2) is 47.9 Å². The van der Waals surface area contributed by atoms with E-state index in [1.165, 1.54) is 36.7 Å². The Kier molecular flexibility index (Phi) is 6.18. The molecule has 3 aromatic rings. The molecule has 0 unspecified atom stereocenters. The van der Waals surface area contributed by atoms with Crippen LogP contribution in [0.5, 0.6) is 0 Å². The largest absolute Gasteiger partial charge is 0.394 e. The molecule has 2 aromatic carbocycles. The first-order valence-corrected chi connectivity index (χ1v) is 10.1. The second-order valence-electron chi connectivity index (χ2n) is 6.21. The van der Waals surface area contributed by atoms with E-state index in [1.807, 2.05) is 0 Å². The van der Waals surface area contributed by atoms with Crippen LogP contribution in [0.4, 0.5) is 10.3 Å². The molecule has 0 fully saturated rings. The number of benzene rings is 2. The van der Waals surface area contributed by atoms with Crippen molar-refractivity contribution >= 4 is 16.0 Å². The van der Waals surface area contributed by atoms with Gasteiger partial charge in [0, 0.05) is 35.6 Å². The lowest BCUT2D eigenvalue weighted by atomic mass is 10.0. The number of halogens is 1. The summed E-state index contributed by atoms with van der Waals surface area (Å²) in [7, 11) is -4.00. The molecule has 29 heavy (non-hydrogen) atoms. The molecule has 0 aliphatic rings. The second-order valence-corrected chi connectivity index (χ2v) is 7.94. The molecular weight excluding hydrogens is 399 g/mol. The number of aromatic nitrogens is 2. The minimum Gasteiger partial charge on any atom is -0.394 e. The zero-order valence-corrected chi connectivity index (χ0v) is 16.0. The average Bonchev–Trinajstić information content (AvgIpc) is 2.73. The highest BCUT2D eigenvalue weighted by molar-refractivity contribution is 7.89. The minimum atomic E-state index is -4.00. The van der Waals surface area contributed by atoms with Crippen LogP contribution in [0.1, 0.15) is 0 Å². The second kappa shape index (κ2) is 8.62. The van der Waals surface area contributed by atoms with Crippen molar-refractivity contribution in [2.24, 2.45) is 0 Å². The maximum Gasteiger partial charge on any atom is 0.241 e. The molecule has 1 atom stereocenters. The van der Waals surface area contributed by atoms with Gasteiger partial charge in [0.15, 0.2) is 0 Å².